The van der Waals surface area contributed by atoms with Gasteiger partial charge in [0.05, 0.1) is 24.1 Å². The second-order valence-electron chi connectivity index (χ2n) is 10.1. The number of nitrogens with zero attached hydrogens (tertiary/aromatic N) is 2. The summed E-state index contributed by atoms with van der Waals surface area (Å²) >= 11 is 6.76. The van der Waals surface area contributed by atoms with Crippen LogP contribution in [-0.4, -0.2) is 22.6 Å². The molecule has 4 fully saturated rings. The lowest BCUT2D eigenvalue weighted by Gasteiger charge is -2.34. The van der Waals surface area contributed by atoms with Crippen molar-refractivity contribution in [2.24, 2.45) is 17.8 Å². The zero-order chi connectivity index (χ0) is 22.6. The lowest BCUT2D eigenvalue weighted by Crippen LogP contribution is -2.27. The predicted molar refractivity (Wildman–Crippen MR) is 129 cm³/mol. The van der Waals surface area contributed by atoms with E-state index in [2.05, 4.69) is 40.6 Å². The fourth-order valence-electron chi connectivity index (χ4n) is 6.91. The summed E-state index contributed by atoms with van der Waals surface area (Å²) in [6, 6.07) is 14.9. The molecular formula is C27H28ClN3O2. The number of nitrogens with one attached hydrogen (secondary N) is 1. The number of ether oxygens (including phenoxy) is 1. The second kappa shape index (κ2) is 7.91. The quantitative estimate of drug-likeness (QED) is 0.444. The van der Waals surface area contributed by atoms with Gasteiger partial charge in [0.15, 0.2) is 5.69 Å². The van der Waals surface area contributed by atoms with Crippen LogP contribution >= 0.6 is 11.6 Å². The number of hydrogen-bond acceptors (Lipinski definition) is 4. The molecule has 4 saturated carbocycles. The summed E-state index contributed by atoms with van der Waals surface area (Å²) in [5.74, 6) is 2.31. The number of imidazole rings is 1. The number of carbonyl (C=O) groups excluding carboxylic acids is 1. The zero-order valence-corrected chi connectivity index (χ0v) is 19.5. The van der Waals surface area contributed by atoms with E-state index in [1.54, 1.807) is 12.5 Å². The summed E-state index contributed by atoms with van der Waals surface area (Å²) in [6.07, 6.45) is 10.3. The Morgan fingerprint density at radius 1 is 1.15 bits per heavy atom. The molecule has 5 nitrogen and oxygen atoms in total. The van der Waals surface area contributed by atoms with Crippen molar-refractivity contribution in [1.29, 1.82) is 0 Å². The first-order chi connectivity index (χ1) is 16.0. The standard InChI is InChI=1S/C27H28ClN3O2/c1-33-26(32)25-15-31(16-29-25)14-17-2-5-22(6-3-17)30-24-7-4-20(11-23(24)28)27-12-18-8-19(13-27)10-21(27)9-18/h2-7,11,15-16,18-19,21,30H,8-10,12-14H2,1H3. The van der Waals surface area contributed by atoms with Gasteiger partial charge in [-0.15, -0.1) is 0 Å². The number of methoxy groups -OCH3 is 1. The van der Waals surface area contributed by atoms with Crippen LogP contribution in [-0.2, 0) is 16.7 Å². The highest BCUT2D eigenvalue weighted by atomic mass is 35.5. The predicted octanol–water partition coefficient (Wildman–Crippen LogP) is 6.19. The molecule has 1 aromatic heterocycles. The normalized spacial score (nSPS) is 27.2. The Morgan fingerprint density at radius 2 is 1.91 bits per heavy atom. The van der Waals surface area contributed by atoms with E-state index in [-0.39, 0.29) is 0 Å². The Balaban J connectivity index is 1.14. The highest BCUT2D eigenvalue weighted by Gasteiger charge is 2.58. The highest BCUT2D eigenvalue weighted by molar-refractivity contribution is 6.33. The molecule has 33 heavy (non-hydrogen) atoms. The van der Waals surface area contributed by atoms with Crippen LogP contribution in [0.25, 0.3) is 0 Å². The smallest absolute Gasteiger partial charge is 0.358 e. The molecule has 2 unspecified atom stereocenters. The second-order valence-corrected chi connectivity index (χ2v) is 10.5. The van der Waals surface area contributed by atoms with Crippen molar-refractivity contribution in [2.75, 3.05) is 12.4 Å². The van der Waals surface area contributed by atoms with Gasteiger partial charge in [0, 0.05) is 18.4 Å². The fourth-order valence-corrected chi connectivity index (χ4v) is 7.14. The van der Waals surface area contributed by atoms with Crippen molar-refractivity contribution in [2.45, 2.75) is 44.1 Å². The molecule has 0 aliphatic heterocycles. The summed E-state index contributed by atoms with van der Waals surface area (Å²) in [6.45, 7) is 0.630. The Morgan fingerprint density at radius 3 is 2.61 bits per heavy atom. The Hall–Kier alpha value is -2.79. The highest BCUT2D eigenvalue weighted by Crippen LogP contribution is 2.66. The van der Waals surface area contributed by atoms with Crippen molar-refractivity contribution in [3.05, 3.63) is 76.8 Å². The van der Waals surface area contributed by atoms with Crippen molar-refractivity contribution in [3.8, 4) is 0 Å². The van der Waals surface area contributed by atoms with E-state index in [9.17, 15) is 4.79 Å². The van der Waals surface area contributed by atoms with Crippen molar-refractivity contribution in [3.63, 3.8) is 0 Å². The third kappa shape index (κ3) is 3.63. The fraction of sp³-hybridized carbons (Fsp3) is 0.407. The summed E-state index contributed by atoms with van der Waals surface area (Å²) in [5, 5.41) is 4.27. The van der Waals surface area contributed by atoms with Crippen molar-refractivity contribution < 1.29 is 9.53 Å². The van der Waals surface area contributed by atoms with Gasteiger partial charge in [0.25, 0.3) is 0 Å². The number of anilines is 2. The summed E-state index contributed by atoms with van der Waals surface area (Å²) in [5.41, 5.74) is 5.20. The molecule has 4 aliphatic carbocycles. The van der Waals surface area contributed by atoms with Crippen LogP contribution in [0, 0.1) is 17.8 Å². The van der Waals surface area contributed by atoms with E-state index in [0.29, 0.717) is 17.7 Å². The van der Waals surface area contributed by atoms with Crippen LogP contribution in [0.4, 0.5) is 11.4 Å². The first-order valence-electron chi connectivity index (χ1n) is 11.8. The summed E-state index contributed by atoms with van der Waals surface area (Å²) < 4.78 is 6.58. The van der Waals surface area contributed by atoms with Gasteiger partial charge in [-0.3, -0.25) is 0 Å². The van der Waals surface area contributed by atoms with Crippen LogP contribution < -0.4 is 5.32 Å². The van der Waals surface area contributed by atoms with E-state index in [1.807, 2.05) is 16.7 Å². The molecule has 3 aromatic rings. The molecule has 4 bridgehead atoms. The van der Waals surface area contributed by atoms with E-state index in [4.69, 9.17) is 16.3 Å². The molecule has 6 heteroatoms. The van der Waals surface area contributed by atoms with Crippen LogP contribution in [0.2, 0.25) is 5.02 Å². The molecule has 7 rings (SSSR count). The van der Waals surface area contributed by atoms with Crippen LogP contribution in [0.3, 0.4) is 0 Å². The van der Waals surface area contributed by atoms with E-state index >= 15 is 0 Å². The number of rotatable bonds is 6. The molecule has 2 aromatic carbocycles. The topological polar surface area (TPSA) is 56.1 Å². The maximum absolute atomic E-state index is 11.6. The van der Waals surface area contributed by atoms with Gasteiger partial charge in [-0.05, 0) is 90.7 Å². The molecular weight excluding hydrogens is 434 g/mol. The number of hydrogen-bond donors (Lipinski definition) is 1. The van der Waals surface area contributed by atoms with Crippen LogP contribution in [0.5, 0.6) is 0 Å². The Kier molecular flexibility index (Phi) is 4.98. The molecule has 0 spiro atoms. The van der Waals surface area contributed by atoms with E-state index in [0.717, 1.165) is 39.7 Å². The Bertz CT molecular complexity index is 1190. The van der Waals surface area contributed by atoms with Crippen molar-refractivity contribution >= 4 is 28.9 Å². The van der Waals surface area contributed by atoms with Gasteiger partial charge >= 0.3 is 5.97 Å². The zero-order valence-electron chi connectivity index (χ0n) is 18.8. The number of carbonyl (C=O) groups is 1. The van der Waals surface area contributed by atoms with Crippen LogP contribution in [0.1, 0.15) is 53.7 Å². The summed E-state index contributed by atoms with van der Waals surface area (Å²) in [7, 11) is 1.36. The molecule has 0 radical (unpaired) electrons. The first kappa shape index (κ1) is 20.8. The largest absolute Gasteiger partial charge is 0.464 e. The molecule has 1 heterocycles. The van der Waals surface area contributed by atoms with Gasteiger partial charge in [0.1, 0.15) is 0 Å². The maximum atomic E-state index is 11.6. The van der Waals surface area contributed by atoms with Gasteiger partial charge in [-0.2, -0.15) is 0 Å². The number of aromatic nitrogens is 2. The number of esters is 1. The first-order valence-corrected chi connectivity index (χ1v) is 12.2. The summed E-state index contributed by atoms with van der Waals surface area (Å²) in [4.78, 5) is 15.7. The monoisotopic (exact) mass is 461 g/mol. The molecule has 0 amide bonds. The van der Waals surface area contributed by atoms with Crippen LogP contribution in [0.15, 0.2) is 55.0 Å². The number of benzene rings is 2. The van der Waals surface area contributed by atoms with Gasteiger partial charge in [-0.1, -0.05) is 29.8 Å². The molecule has 1 N–H and O–H groups in total. The van der Waals surface area contributed by atoms with Gasteiger partial charge < -0.3 is 14.6 Å². The molecule has 170 valence electrons. The number of halogens is 1. The molecule has 2 atom stereocenters. The average Bonchev–Trinajstić information content (AvgIpc) is 3.45. The lowest BCUT2D eigenvalue weighted by atomic mass is 9.71. The Labute approximate surface area is 199 Å². The minimum absolute atomic E-state index is 0.312. The van der Waals surface area contributed by atoms with E-state index in [1.165, 1.54) is 44.8 Å². The maximum Gasteiger partial charge on any atom is 0.358 e. The van der Waals surface area contributed by atoms with Gasteiger partial charge in [-0.25, -0.2) is 9.78 Å². The van der Waals surface area contributed by atoms with Crippen molar-refractivity contribution in [1.82, 2.24) is 9.55 Å². The average molecular weight is 462 g/mol. The molecule has 4 aliphatic rings. The third-order valence-corrected chi connectivity index (χ3v) is 8.47. The SMILES string of the molecule is COC(=O)c1cn(Cc2ccc(Nc3ccc(C45CC6CC(CC4C6)C5)cc3Cl)cc2)cn1. The lowest BCUT2D eigenvalue weighted by molar-refractivity contribution is 0.0594. The molecule has 0 saturated heterocycles. The van der Waals surface area contributed by atoms with Gasteiger partial charge in [0.2, 0.25) is 0 Å². The minimum atomic E-state index is -0.427. The minimum Gasteiger partial charge on any atom is -0.464 e. The van der Waals surface area contributed by atoms with E-state index < -0.39 is 5.97 Å². The third-order valence-electron chi connectivity index (χ3n) is 8.16.